The molecule has 0 spiro atoms. The fraction of sp³-hybridized carbons (Fsp3) is 0.400. The van der Waals surface area contributed by atoms with Crippen LogP contribution in [0.2, 0.25) is 0 Å². The molecule has 0 amide bonds. The molecule has 5 rings (SSSR count). The number of hydrogen-bond donors (Lipinski definition) is 0. The van der Waals surface area contributed by atoms with Crippen molar-refractivity contribution in [3.63, 3.8) is 0 Å². The van der Waals surface area contributed by atoms with Crippen molar-refractivity contribution in [1.29, 1.82) is 0 Å². The number of alkyl halides is 6. The molecule has 0 heterocycles. The van der Waals surface area contributed by atoms with Gasteiger partial charge in [-0.1, -0.05) is 42.5 Å². The van der Waals surface area contributed by atoms with Crippen molar-refractivity contribution in [3.05, 3.63) is 82.5 Å². The van der Waals surface area contributed by atoms with Crippen LogP contribution in [0.3, 0.4) is 0 Å². The van der Waals surface area contributed by atoms with E-state index in [9.17, 15) is 31.1 Å². The molecule has 33 heavy (non-hydrogen) atoms. The highest BCUT2D eigenvalue weighted by Crippen LogP contribution is 2.61. The van der Waals surface area contributed by atoms with E-state index in [0.717, 1.165) is 0 Å². The first-order chi connectivity index (χ1) is 15.4. The molecule has 0 saturated heterocycles. The van der Waals surface area contributed by atoms with Gasteiger partial charge in [-0.2, -0.15) is 26.3 Å². The lowest BCUT2D eigenvalue weighted by Crippen LogP contribution is -2.43. The predicted molar refractivity (Wildman–Crippen MR) is 108 cm³/mol. The number of carbonyl (C=O) groups is 1. The summed E-state index contributed by atoms with van der Waals surface area (Å²) in [6.45, 7) is 1.21. The maximum atomic E-state index is 14.2. The molecular formula is C25H20F6O2. The van der Waals surface area contributed by atoms with E-state index >= 15 is 0 Å². The van der Waals surface area contributed by atoms with Crippen molar-refractivity contribution in [2.75, 3.05) is 0 Å². The van der Waals surface area contributed by atoms with Gasteiger partial charge in [0.05, 0.1) is 5.56 Å². The third-order valence-electron chi connectivity index (χ3n) is 7.18. The number of halogens is 6. The fourth-order valence-corrected chi connectivity index (χ4v) is 6.07. The number of esters is 1. The van der Waals surface area contributed by atoms with E-state index in [4.69, 9.17) is 4.74 Å². The van der Waals surface area contributed by atoms with Gasteiger partial charge in [-0.05, 0) is 43.0 Å². The molecule has 0 saturated carbocycles. The molecule has 4 aliphatic rings. The lowest BCUT2D eigenvalue weighted by atomic mass is 9.74. The van der Waals surface area contributed by atoms with E-state index in [0.29, 0.717) is 0 Å². The third kappa shape index (κ3) is 3.37. The highest BCUT2D eigenvalue weighted by atomic mass is 19.4. The van der Waals surface area contributed by atoms with E-state index < -0.39 is 58.7 Å². The van der Waals surface area contributed by atoms with Crippen molar-refractivity contribution in [1.82, 2.24) is 0 Å². The lowest BCUT2D eigenvalue weighted by molar-refractivity contribution is -0.100. The maximum absolute atomic E-state index is 14.2. The Balaban J connectivity index is 1.73. The number of fused-ring (bicyclic) bond motifs is 4. The zero-order valence-corrected chi connectivity index (χ0v) is 17.5. The average Bonchev–Trinajstić information content (AvgIpc) is 3.52. The standard InChI is InChI=1S/C25H20F6O2/c1-23(33-22(32)13-5-3-2-4-6-13,18-14-7-9-16(11-14)20(18)24(26,27)28)19-15-8-10-17(12-15)21(19)25(29,30)31/h2-10,14-17H,11-12H2,1H3/t14-,15-,16+,17+/m1/s1. The van der Waals surface area contributed by atoms with Crippen LogP contribution < -0.4 is 0 Å². The van der Waals surface area contributed by atoms with Crippen molar-refractivity contribution >= 4 is 5.97 Å². The van der Waals surface area contributed by atoms with Gasteiger partial charge in [0.15, 0.2) is 5.60 Å². The van der Waals surface area contributed by atoms with Gasteiger partial charge in [0.2, 0.25) is 0 Å². The second-order valence-corrected chi connectivity index (χ2v) is 9.11. The Morgan fingerprint density at radius 2 is 1.12 bits per heavy atom. The summed E-state index contributed by atoms with van der Waals surface area (Å²) < 4.78 is 90.8. The highest BCUT2D eigenvalue weighted by molar-refractivity contribution is 5.90. The number of rotatable bonds is 4. The number of ether oxygens (including phenoxy) is 1. The van der Waals surface area contributed by atoms with Crippen LogP contribution in [0.5, 0.6) is 0 Å². The molecule has 8 heteroatoms. The fourth-order valence-electron chi connectivity index (χ4n) is 6.07. The van der Waals surface area contributed by atoms with Crippen molar-refractivity contribution < 1.29 is 35.9 Å². The minimum Gasteiger partial charge on any atom is -0.447 e. The normalized spacial score (nSPS) is 28.5. The first-order valence-corrected chi connectivity index (χ1v) is 10.7. The summed E-state index contributed by atoms with van der Waals surface area (Å²) >= 11 is 0. The quantitative estimate of drug-likeness (QED) is 0.279. The van der Waals surface area contributed by atoms with E-state index in [1.54, 1.807) is 30.4 Å². The first-order valence-electron chi connectivity index (χ1n) is 10.7. The Morgan fingerprint density at radius 3 is 1.52 bits per heavy atom. The molecule has 0 aromatic heterocycles. The van der Waals surface area contributed by atoms with Gasteiger partial charge < -0.3 is 4.74 Å². The zero-order valence-electron chi connectivity index (χ0n) is 17.5. The van der Waals surface area contributed by atoms with Crippen LogP contribution >= 0.6 is 0 Å². The van der Waals surface area contributed by atoms with Gasteiger partial charge in [0.1, 0.15) is 0 Å². The van der Waals surface area contributed by atoms with Gasteiger partial charge >= 0.3 is 18.3 Å². The molecule has 0 unspecified atom stereocenters. The minimum absolute atomic E-state index is 0.0597. The summed E-state index contributed by atoms with van der Waals surface area (Å²) in [5, 5.41) is 0. The summed E-state index contributed by atoms with van der Waals surface area (Å²) in [5.41, 5.74) is -4.45. The molecule has 0 fully saturated rings. The predicted octanol–water partition coefficient (Wildman–Crippen LogP) is 6.73. The summed E-state index contributed by atoms with van der Waals surface area (Å²) in [6, 6.07) is 7.58. The molecule has 1 aromatic rings. The maximum Gasteiger partial charge on any atom is 0.413 e. The van der Waals surface area contributed by atoms with Crippen molar-refractivity contribution in [3.8, 4) is 0 Å². The lowest BCUT2D eigenvalue weighted by Gasteiger charge is -2.40. The van der Waals surface area contributed by atoms with Crippen molar-refractivity contribution in [2.45, 2.75) is 37.7 Å². The Morgan fingerprint density at radius 1 is 0.727 bits per heavy atom. The molecule has 2 nitrogen and oxygen atoms in total. The Labute approximate surface area is 186 Å². The molecule has 0 aliphatic heterocycles. The van der Waals surface area contributed by atoms with Gasteiger partial charge in [-0.25, -0.2) is 4.79 Å². The molecule has 1 aromatic carbocycles. The van der Waals surface area contributed by atoms with E-state index in [1.807, 2.05) is 0 Å². The number of carbonyl (C=O) groups excluding carboxylic acids is 1. The molecule has 0 radical (unpaired) electrons. The zero-order chi connectivity index (χ0) is 23.8. The number of benzene rings is 1. The summed E-state index contributed by atoms with van der Waals surface area (Å²) in [6.07, 6.45) is -3.24. The van der Waals surface area contributed by atoms with Crippen LogP contribution in [0.25, 0.3) is 0 Å². The van der Waals surface area contributed by atoms with Crippen molar-refractivity contribution in [2.24, 2.45) is 23.7 Å². The Bertz CT molecular complexity index is 1060. The summed E-state index contributed by atoms with van der Waals surface area (Å²) in [5.74, 6) is -4.36. The molecule has 174 valence electrons. The third-order valence-corrected chi connectivity index (χ3v) is 7.18. The van der Waals surface area contributed by atoms with Crippen LogP contribution in [0.1, 0.15) is 30.1 Å². The molecule has 4 aliphatic carbocycles. The first kappa shape index (κ1) is 22.0. The smallest absolute Gasteiger partial charge is 0.413 e. The SMILES string of the molecule is CC(OC(=O)c1ccccc1)(C1=C(C(F)(F)F)[C@H]2C=C[C@@H]1C2)C1=C(C(F)(F)F)[C@H]2C=C[C@@H]1C2. The van der Waals surface area contributed by atoms with Crippen LogP contribution in [0.4, 0.5) is 26.3 Å². The van der Waals surface area contributed by atoms with E-state index in [-0.39, 0.29) is 29.6 Å². The van der Waals surface area contributed by atoms with Gasteiger partial charge in [-0.3, -0.25) is 0 Å². The Hall–Kier alpha value is -2.77. The summed E-state index contributed by atoms with van der Waals surface area (Å²) in [7, 11) is 0. The second kappa shape index (κ2) is 7.11. The molecular weight excluding hydrogens is 446 g/mol. The monoisotopic (exact) mass is 466 g/mol. The molecule has 4 bridgehead atoms. The minimum atomic E-state index is -4.76. The average molecular weight is 466 g/mol. The Kier molecular flexibility index (Phi) is 4.75. The van der Waals surface area contributed by atoms with E-state index in [1.165, 1.54) is 31.2 Å². The summed E-state index contributed by atoms with van der Waals surface area (Å²) in [4.78, 5) is 13.0. The van der Waals surface area contributed by atoms with Gasteiger partial charge in [0, 0.05) is 34.8 Å². The van der Waals surface area contributed by atoms with Gasteiger partial charge in [-0.15, -0.1) is 0 Å². The van der Waals surface area contributed by atoms with Gasteiger partial charge in [0.25, 0.3) is 0 Å². The van der Waals surface area contributed by atoms with Crippen LogP contribution in [-0.4, -0.2) is 23.9 Å². The van der Waals surface area contributed by atoms with Crippen LogP contribution in [0, 0.1) is 23.7 Å². The highest BCUT2D eigenvalue weighted by Gasteiger charge is 2.60. The van der Waals surface area contributed by atoms with E-state index in [2.05, 4.69) is 0 Å². The topological polar surface area (TPSA) is 26.3 Å². The second-order valence-electron chi connectivity index (χ2n) is 9.11. The number of allylic oxidation sites excluding steroid dienone is 6. The molecule has 4 atom stereocenters. The van der Waals surface area contributed by atoms with Crippen LogP contribution in [0.15, 0.2) is 76.9 Å². The largest absolute Gasteiger partial charge is 0.447 e. The van der Waals surface area contributed by atoms with Crippen LogP contribution in [-0.2, 0) is 4.74 Å². The molecule has 0 N–H and O–H groups in total. The number of hydrogen-bond acceptors (Lipinski definition) is 2.